The summed E-state index contributed by atoms with van der Waals surface area (Å²) in [6, 6.07) is 36.5. The third kappa shape index (κ3) is 3.83. The maximum atomic E-state index is 2.54. The zero-order valence-electron chi connectivity index (χ0n) is 19.6. The molecule has 0 saturated carbocycles. The van der Waals surface area contributed by atoms with Gasteiger partial charge in [0.1, 0.15) is 0 Å². The van der Waals surface area contributed by atoms with Crippen LogP contribution in [0, 0.1) is 5.92 Å². The maximum absolute atomic E-state index is 2.54. The first kappa shape index (κ1) is 22.7. The van der Waals surface area contributed by atoms with Crippen LogP contribution in [0.2, 0.25) is 0 Å². The second-order valence-corrected chi connectivity index (χ2v) is 15.6. The molecule has 2 atom stereocenters. The number of hydrogen-bond acceptors (Lipinski definition) is 2. The highest BCUT2D eigenvalue weighted by Gasteiger charge is 2.54. The first-order valence-corrected chi connectivity index (χ1v) is 16.0. The summed E-state index contributed by atoms with van der Waals surface area (Å²) in [7, 11) is 0.0656. The van der Waals surface area contributed by atoms with E-state index in [4.69, 9.17) is 0 Å². The van der Waals surface area contributed by atoms with E-state index in [-0.39, 0.29) is 21.8 Å². The van der Waals surface area contributed by atoms with Crippen molar-refractivity contribution in [1.82, 2.24) is 0 Å². The van der Waals surface area contributed by atoms with Gasteiger partial charge in [-0.3, -0.25) is 0 Å². The molecule has 0 spiro atoms. The van der Waals surface area contributed by atoms with Gasteiger partial charge in [-0.25, -0.2) is 0 Å². The van der Waals surface area contributed by atoms with Crippen LogP contribution in [-0.4, -0.2) is 10.5 Å². The molecule has 0 saturated heterocycles. The molecule has 34 heavy (non-hydrogen) atoms. The van der Waals surface area contributed by atoms with Crippen molar-refractivity contribution in [1.29, 1.82) is 0 Å². The Morgan fingerprint density at radius 3 is 1.15 bits per heavy atom. The summed E-state index contributed by atoms with van der Waals surface area (Å²) in [5.74, 6) is 0.573. The molecule has 0 aromatic heterocycles. The monoisotopic (exact) mass is 516 g/mol. The fraction of sp³-hybridized carbons (Fsp3) is 0.200. The average Bonchev–Trinajstić information content (AvgIpc) is 2.86. The zero-order chi connectivity index (χ0) is 23.2. The van der Waals surface area contributed by atoms with Gasteiger partial charge < -0.3 is 0 Å². The maximum Gasteiger partial charge on any atom is 0.178 e. The van der Waals surface area contributed by atoms with Crippen molar-refractivity contribution in [3.05, 3.63) is 97.1 Å². The third-order valence-electron chi connectivity index (χ3n) is 6.55. The van der Waals surface area contributed by atoms with Crippen molar-refractivity contribution in [2.24, 2.45) is 5.92 Å². The van der Waals surface area contributed by atoms with Crippen LogP contribution in [0.5, 0.6) is 0 Å². The van der Waals surface area contributed by atoms with E-state index in [1.807, 2.05) is 23.5 Å². The van der Waals surface area contributed by atoms with Gasteiger partial charge in [-0.05, 0) is 55.5 Å². The molecule has 0 fully saturated rings. The molecule has 0 amide bonds. The standard InChI is InChI=1S/C30H28S4/c1-20(2)30(34-28-18-10-6-14-24(28)32-25-15-7-11-19-29(25)34)21(3)33-26-16-8-4-12-22(26)31-23-13-5-9-17-27(23)33/h4-21,30H,1-3H3/q+2/t21-,30+/m0/s1. The lowest BCUT2D eigenvalue weighted by Crippen LogP contribution is -2.43. The lowest BCUT2D eigenvalue weighted by atomic mass is 10.1. The summed E-state index contributed by atoms with van der Waals surface area (Å²) in [5, 5.41) is 1.08. The lowest BCUT2D eigenvalue weighted by molar-refractivity contribution is 0.591. The summed E-state index contributed by atoms with van der Waals surface area (Å²) in [6.07, 6.45) is 0. The van der Waals surface area contributed by atoms with E-state index in [1.54, 1.807) is 0 Å². The summed E-state index contributed by atoms with van der Waals surface area (Å²) in [6.45, 7) is 7.43. The van der Waals surface area contributed by atoms with E-state index >= 15 is 0 Å². The molecule has 0 radical (unpaired) electrons. The predicted molar refractivity (Wildman–Crippen MR) is 150 cm³/mol. The Labute approximate surface area is 217 Å². The Morgan fingerprint density at radius 1 is 0.471 bits per heavy atom. The van der Waals surface area contributed by atoms with Gasteiger partial charge in [0.05, 0.1) is 41.4 Å². The molecule has 6 rings (SSSR count). The molecule has 0 unspecified atom stereocenters. The molecular weight excluding hydrogens is 489 g/mol. The van der Waals surface area contributed by atoms with Crippen molar-refractivity contribution in [2.75, 3.05) is 0 Å². The van der Waals surface area contributed by atoms with Gasteiger partial charge in [-0.2, -0.15) is 0 Å². The highest BCUT2D eigenvalue weighted by molar-refractivity contribution is 8.06. The molecule has 0 bridgehead atoms. The van der Waals surface area contributed by atoms with E-state index in [1.165, 1.54) is 39.2 Å². The Morgan fingerprint density at radius 2 is 0.794 bits per heavy atom. The number of fused-ring (bicyclic) bond motifs is 4. The van der Waals surface area contributed by atoms with Crippen molar-refractivity contribution >= 4 is 45.3 Å². The van der Waals surface area contributed by atoms with E-state index in [0.717, 1.165) is 0 Å². The minimum Gasteiger partial charge on any atom is -0.0795 e. The highest BCUT2D eigenvalue weighted by Crippen LogP contribution is 2.52. The highest BCUT2D eigenvalue weighted by atomic mass is 32.2. The van der Waals surface area contributed by atoms with Gasteiger partial charge in [-0.1, -0.05) is 85.9 Å². The molecular formula is C30H28S4+2. The molecule has 4 aromatic carbocycles. The van der Waals surface area contributed by atoms with Crippen LogP contribution in [-0.2, 0) is 21.8 Å². The quantitative estimate of drug-likeness (QED) is 0.249. The van der Waals surface area contributed by atoms with Crippen LogP contribution >= 0.6 is 23.5 Å². The fourth-order valence-electron chi connectivity index (χ4n) is 5.17. The molecule has 4 aromatic rings. The van der Waals surface area contributed by atoms with Gasteiger partial charge in [0, 0.05) is 5.92 Å². The van der Waals surface area contributed by atoms with Gasteiger partial charge >= 0.3 is 0 Å². The molecule has 0 aliphatic carbocycles. The molecule has 2 heterocycles. The van der Waals surface area contributed by atoms with Crippen LogP contribution in [0.15, 0.2) is 136 Å². The van der Waals surface area contributed by atoms with Crippen LogP contribution in [0.4, 0.5) is 0 Å². The van der Waals surface area contributed by atoms with Crippen LogP contribution < -0.4 is 0 Å². The van der Waals surface area contributed by atoms with E-state index in [0.29, 0.717) is 16.4 Å². The van der Waals surface area contributed by atoms with E-state index < -0.39 is 0 Å². The van der Waals surface area contributed by atoms with Crippen molar-refractivity contribution in [2.45, 2.75) is 70.4 Å². The Balaban J connectivity index is 1.53. The molecule has 0 N–H and O–H groups in total. The van der Waals surface area contributed by atoms with Crippen LogP contribution in [0.3, 0.4) is 0 Å². The number of hydrogen-bond donors (Lipinski definition) is 0. The molecule has 170 valence electrons. The molecule has 0 nitrogen and oxygen atoms in total. The Bertz CT molecular complexity index is 1250. The summed E-state index contributed by atoms with van der Waals surface area (Å²) in [4.78, 5) is 11.9. The zero-order valence-corrected chi connectivity index (χ0v) is 22.9. The second kappa shape index (κ2) is 9.39. The second-order valence-electron chi connectivity index (χ2n) is 9.08. The van der Waals surface area contributed by atoms with E-state index in [9.17, 15) is 0 Å². The normalized spacial score (nSPS) is 16.8. The summed E-state index contributed by atoms with van der Waals surface area (Å²) in [5.41, 5.74) is 0. The minimum atomic E-state index is 0.0315. The Hall–Kier alpha value is -1.72. The SMILES string of the molecule is CC(C)[C@H]([C@H](C)[S+]1c2ccccc2Sc2ccccc21)[S+]1c2ccccc2Sc2ccccc21. The van der Waals surface area contributed by atoms with Gasteiger partial charge in [0.25, 0.3) is 0 Å². The minimum absolute atomic E-state index is 0.0315. The van der Waals surface area contributed by atoms with Crippen LogP contribution in [0.1, 0.15) is 20.8 Å². The molecule has 2 aliphatic rings. The predicted octanol–water partition coefficient (Wildman–Crippen LogP) is 8.80. The average molecular weight is 517 g/mol. The van der Waals surface area contributed by atoms with Gasteiger partial charge in [0.2, 0.25) is 0 Å². The first-order chi connectivity index (χ1) is 16.6. The van der Waals surface area contributed by atoms with Crippen molar-refractivity contribution in [3.8, 4) is 0 Å². The van der Waals surface area contributed by atoms with E-state index in [2.05, 4.69) is 118 Å². The fourth-order valence-corrected chi connectivity index (χ4v) is 14.6. The lowest BCUT2D eigenvalue weighted by Gasteiger charge is -2.31. The van der Waals surface area contributed by atoms with Gasteiger partial charge in [0.15, 0.2) is 30.1 Å². The number of rotatable bonds is 4. The summed E-state index contributed by atoms with van der Waals surface area (Å²) < 4.78 is 0. The number of benzene rings is 4. The molecule has 2 aliphatic heterocycles. The Kier molecular flexibility index (Phi) is 6.27. The van der Waals surface area contributed by atoms with Crippen LogP contribution in [0.25, 0.3) is 0 Å². The van der Waals surface area contributed by atoms with Crippen molar-refractivity contribution in [3.63, 3.8) is 0 Å². The topological polar surface area (TPSA) is 0 Å². The smallest absolute Gasteiger partial charge is 0.0795 e. The molecule has 4 heteroatoms. The van der Waals surface area contributed by atoms with Crippen molar-refractivity contribution < 1.29 is 0 Å². The van der Waals surface area contributed by atoms with Gasteiger partial charge in [-0.15, -0.1) is 0 Å². The third-order valence-corrected chi connectivity index (χ3v) is 15.4. The summed E-state index contributed by atoms with van der Waals surface area (Å²) >= 11 is 3.89. The first-order valence-electron chi connectivity index (χ1n) is 11.8. The largest absolute Gasteiger partial charge is 0.178 e.